The average Bonchev–Trinajstić information content (AvgIpc) is 2.45. The van der Waals surface area contributed by atoms with Crippen LogP contribution in [0.5, 0.6) is 0 Å². The second kappa shape index (κ2) is 7.02. The Labute approximate surface area is 136 Å². The van der Waals surface area contributed by atoms with Crippen LogP contribution in [0.1, 0.15) is 24.1 Å². The van der Waals surface area contributed by atoms with E-state index in [1.54, 1.807) is 6.07 Å². The quantitative estimate of drug-likeness (QED) is 0.605. The molecule has 1 N–H and O–H groups in total. The molecular weight excluding hydrogens is 356 g/mol. The lowest BCUT2D eigenvalue weighted by molar-refractivity contribution is -0.385. The Kier molecular flexibility index (Phi) is 5.33. The van der Waals surface area contributed by atoms with E-state index in [0.29, 0.717) is 16.0 Å². The molecule has 2 rings (SSSR count). The maximum Gasteiger partial charge on any atom is 0.270 e. The van der Waals surface area contributed by atoms with Crippen LogP contribution in [0.2, 0.25) is 5.02 Å². The Hall–Kier alpha value is -1.43. The van der Waals surface area contributed by atoms with E-state index in [1.165, 1.54) is 6.07 Å². The van der Waals surface area contributed by atoms with Gasteiger partial charge in [-0.15, -0.1) is 0 Å². The lowest BCUT2D eigenvalue weighted by atomic mass is 10.1. The minimum Gasteiger partial charge on any atom is -0.306 e. The fraction of sp³-hybridized carbons (Fsp3) is 0.200. The van der Waals surface area contributed by atoms with Gasteiger partial charge in [0, 0.05) is 34.2 Å². The van der Waals surface area contributed by atoms with Gasteiger partial charge in [-0.3, -0.25) is 10.1 Å². The molecule has 110 valence electrons. The van der Waals surface area contributed by atoms with Crippen molar-refractivity contribution in [1.82, 2.24) is 5.32 Å². The molecular formula is C15H14BrClN2O2. The van der Waals surface area contributed by atoms with Crippen molar-refractivity contribution in [3.8, 4) is 0 Å². The zero-order valence-electron chi connectivity index (χ0n) is 11.3. The SMILES string of the molecule is C[C@@H](NCc1cc(Br)cc([N+](=O)[O-])c1)c1ccc(Cl)cc1. The summed E-state index contributed by atoms with van der Waals surface area (Å²) in [6, 6.07) is 12.7. The molecule has 0 saturated carbocycles. The molecule has 0 unspecified atom stereocenters. The molecule has 0 amide bonds. The van der Waals surface area contributed by atoms with Crippen LogP contribution >= 0.6 is 27.5 Å². The highest BCUT2D eigenvalue weighted by atomic mass is 79.9. The summed E-state index contributed by atoms with van der Waals surface area (Å²) >= 11 is 9.16. The van der Waals surface area contributed by atoms with Crippen LogP contribution in [-0.4, -0.2) is 4.92 Å². The molecule has 0 bridgehead atoms. The number of hydrogen-bond acceptors (Lipinski definition) is 3. The van der Waals surface area contributed by atoms with Crippen molar-refractivity contribution in [2.75, 3.05) is 0 Å². The van der Waals surface area contributed by atoms with Gasteiger partial charge in [0.05, 0.1) is 4.92 Å². The number of nitro groups is 1. The highest BCUT2D eigenvalue weighted by Gasteiger charge is 2.10. The Balaban J connectivity index is 2.05. The molecule has 6 heteroatoms. The minimum atomic E-state index is -0.392. The molecule has 21 heavy (non-hydrogen) atoms. The first-order valence-corrected chi connectivity index (χ1v) is 7.55. The number of non-ortho nitro benzene ring substituents is 1. The predicted octanol–water partition coefficient (Wildman–Crippen LogP) is 4.86. The monoisotopic (exact) mass is 368 g/mol. The lowest BCUT2D eigenvalue weighted by Crippen LogP contribution is -2.18. The summed E-state index contributed by atoms with van der Waals surface area (Å²) in [5.74, 6) is 0. The van der Waals surface area contributed by atoms with Gasteiger partial charge in [0.2, 0.25) is 0 Å². The Morgan fingerprint density at radius 1 is 1.29 bits per heavy atom. The Morgan fingerprint density at radius 2 is 1.95 bits per heavy atom. The van der Waals surface area contributed by atoms with Crippen molar-refractivity contribution in [2.45, 2.75) is 19.5 Å². The van der Waals surface area contributed by atoms with E-state index in [4.69, 9.17) is 11.6 Å². The van der Waals surface area contributed by atoms with Gasteiger partial charge in [0.15, 0.2) is 0 Å². The van der Waals surface area contributed by atoms with E-state index in [-0.39, 0.29) is 11.7 Å². The molecule has 4 nitrogen and oxygen atoms in total. The number of nitrogens with one attached hydrogen (secondary N) is 1. The van der Waals surface area contributed by atoms with Crippen LogP contribution in [0.25, 0.3) is 0 Å². The average molecular weight is 370 g/mol. The largest absolute Gasteiger partial charge is 0.306 e. The summed E-state index contributed by atoms with van der Waals surface area (Å²) in [6.45, 7) is 2.58. The second-order valence-electron chi connectivity index (χ2n) is 4.73. The number of rotatable bonds is 5. The van der Waals surface area contributed by atoms with E-state index in [9.17, 15) is 10.1 Å². The molecule has 0 aromatic heterocycles. The molecule has 0 fully saturated rings. The van der Waals surface area contributed by atoms with Crippen LogP contribution in [-0.2, 0) is 6.54 Å². The van der Waals surface area contributed by atoms with Crippen molar-refractivity contribution in [2.24, 2.45) is 0 Å². The number of benzene rings is 2. The first-order valence-electron chi connectivity index (χ1n) is 6.38. The maximum absolute atomic E-state index is 10.8. The van der Waals surface area contributed by atoms with Crippen LogP contribution in [0.3, 0.4) is 0 Å². The number of hydrogen-bond donors (Lipinski definition) is 1. The number of nitro benzene ring substituents is 1. The minimum absolute atomic E-state index is 0.0836. The molecule has 2 aromatic carbocycles. The van der Waals surface area contributed by atoms with Gasteiger partial charge < -0.3 is 5.32 Å². The van der Waals surface area contributed by atoms with Gasteiger partial charge in [-0.25, -0.2) is 0 Å². The molecule has 0 aliphatic heterocycles. The Morgan fingerprint density at radius 3 is 2.57 bits per heavy atom. The number of nitrogens with zero attached hydrogens (tertiary/aromatic N) is 1. The zero-order valence-corrected chi connectivity index (χ0v) is 13.7. The summed E-state index contributed by atoms with van der Waals surface area (Å²) in [5.41, 5.74) is 2.06. The van der Waals surface area contributed by atoms with Crippen molar-refractivity contribution in [3.63, 3.8) is 0 Å². The first kappa shape index (κ1) is 15.9. The summed E-state index contributed by atoms with van der Waals surface area (Å²) in [5, 5.41) is 14.9. The summed E-state index contributed by atoms with van der Waals surface area (Å²) < 4.78 is 0.702. The van der Waals surface area contributed by atoms with Crippen LogP contribution < -0.4 is 5.32 Å². The lowest BCUT2D eigenvalue weighted by Gasteiger charge is -2.14. The van der Waals surface area contributed by atoms with Crippen LogP contribution in [0.4, 0.5) is 5.69 Å². The topological polar surface area (TPSA) is 55.2 Å². The molecule has 2 aromatic rings. The molecule has 0 spiro atoms. The zero-order chi connectivity index (χ0) is 15.4. The maximum atomic E-state index is 10.8. The molecule has 0 aliphatic carbocycles. The van der Waals surface area contributed by atoms with Gasteiger partial charge in [0.25, 0.3) is 5.69 Å². The highest BCUT2D eigenvalue weighted by molar-refractivity contribution is 9.10. The van der Waals surface area contributed by atoms with E-state index < -0.39 is 4.92 Å². The van der Waals surface area contributed by atoms with E-state index in [1.807, 2.05) is 37.3 Å². The van der Waals surface area contributed by atoms with Gasteiger partial charge in [-0.2, -0.15) is 0 Å². The van der Waals surface area contributed by atoms with Gasteiger partial charge >= 0.3 is 0 Å². The van der Waals surface area contributed by atoms with Crippen molar-refractivity contribution < 1.29 is 4.92 Å². The smallest absolute Gasteiger partial charge is 0.270 e. The van der Waals surface area contributed by atoms with Crippen molar-refractivity contribution >= 4 is 33.2 Å². The number of halogens is 2. The molecule has 0 aliphatic rings. The van der Waals surface area contributed by atoms with E-state index in [2.05, 4.69) is 21.2 Å². The fourth-order valence-corrected chi connectivity index (χ4v) is 2.64. The third-order valence-electron chi connectivity index (χ3n) is 3.14. The Bertz CT molecular complexity index is 647. The van der Waals surface area contributed by atoms with Crippen LogP contribution in [0.15, 0.2) is 46.9 Å². The van der Waals surface area contributed by atoms with Gasteiger partial charge in [-0.1, -0.05) is 39.7 Å². The third-order valence-corrected chi connectivity index (χ3v) is 3.85. The van der Waals surface area contributed by atoms with Gasteiger partial charge in [-0.05, 0) is 36.2 Å². The van der Waals surface area contributed by atoms with Crippen molar-refractivity contribution in [3.05, 3.63) is 73.2 Å². The van der Waals surface area contributed by atoms with Gasteiger partial charge in [0.1, 0.15) is 0 Å². The first-order chi connectivity index (χ1) is 9.95. The highest BCUT2D eigenvalue weighted by Crippen LogP contribution is 2.22. The van der Waals surface area contributed by atoms with Crippen molar-refractivity contribution in [1.29, 1.82) is 0 Å². The van der Waals surface area contributed by atoms with E-state index in [0.717, 1.165) is 11.1 Å². The standard InChI is InChI=1S/C15H14BrClN2O2/c1-10(12-2-4-14(17)5-3-12)18-9-11-6-13(16)8-15(7-11)19(20)21/h2-8,10,18H,9H2,1H3/t10-/m1/s1. The molecule has 0 radical (unpaired) electrons. The summed E-state index contributed by atoms with van der Waals surface area (Å²) in [7, 11) is 0. The van der Waals surface area contributed by atoms with E-state index >= 15 is 0 Å². The fourth-order valence-electron chi connectivity index (χ4n) is 1.98. The third kappa shape index (κ3) is 4.52. The summed E-state index contributed by atoms with van der Waals surface area (Å²) in [4.78, 5) is 10.5. The normalized spacial score (nSPS) is 12.1. The predicted molar refractivity (Wildman–Crippen MR) is 87.5 cm³/mol. The second-order valence-corrected chi connectivity index (χ2v) is 6.08. The summed E-state index contributed by atoms with van der Waals surface area (Å²) in [6.07, 6.45) is 0. The molecule has 0 heterocycles. The van der Waals surface area contributed by atoms with Crippen LogP contribution in [0, 0.1) is 10.1 Å². The molecule has 1 atom stereocenters. The molecule has 0 saturated heterocycles.